The van der Waals surface area contributed by atoms with Gasteiger partial charge < -0.3 is 14.6 Å². The molecule has 5 rings (SSSR count). The number of ether oxygens (including phenoxy) is 2. The molecule has 0 saturated heterocycles. The molecule has 36 heavy (non-hydrogen) atoms. The van der Waals surface area contributed by atoms with Gasteiger partial charge in [-0.15, -0.1) is 0 Å². The lowest BCUT2D eigenvalue weighted by Gasteiger charge is -2.34. The molecule has 1 aliphatic heterocycles. The van der Waals surface area contributed by atoms with E-state index in [2.05, 4.69) is 9.67 Å². The molecule has 0 spiro atoms. The second kappa shape index (κ2) is 10.0. The van der Waals surface area contributed by atoms with Crippen molar-refractivity contribution in [1.29, 1.82) is 0 Å². The number of hydrogen-bond acceptors (Lipinski definition) is 6. The molecule has 3 aromatic rings. The lowest BCUT2D eigenvalue weighted by Crippen LogP contribution is -2.42. The number of rotatable bonds is 6. The highest BCUT2D eigenvalue weighted by Gasteiger charge is 2.34. The van der Waals surface area contributed by atoms with Crippen molar-refractivity contribution in [3.8, 4) is 6.01 Å². The van der Waals surface area contributed by atoms with Crippen LogP contribution in [0, 0.1) is 5.92 Å². The van der Waals surface area contributed by atoms with Gasteiger partial charge in [-0.25, -0.2) is 4.79 Å². The Labute approximate surface area is 213 Å². The minimum Gasteiger partial charge on any atom is -0.481 e. The van der Waals surface area contributed by atoms with E-state index in [0.717, 1.165) is 48.0 Å². The minimum absolute atomic E-state index is 0.00997. The van der Waals surface area contributed by atoms with Crippen LogP contribution in [0.3, 0.4) is 0 Å². The first-order valence-corrected chi connectivity index (χ1v) is 12.7. The monoisotopic (exact) mass is 515 g/mol. The van der Waals surface area contributed by atoms with Gasteiger partial charge >= 0.3 is 12.1 Å². The van der Waals surface area contributed by atoms with Gasteiger partial charge in [-0.1, -0.05) is 18.0 Å². The highest BCUT2D eigenvalue weighted by Crippen LogP contribution is 2.42. The molecule has 2 aliphatic rings. The Bertz CT molecular complexity index is 1290. The van der Waals surface area contributed by atoms with E-state index in [1.165, 1.54) is 7.11 Å². The first kappa shape index (κ1) is 24.4. The maximum absolute atomic E-state index is 12.6. The van der Waals surface area contributed by atoms with Gasteiger partial charge in [-0.3, -0.25) is 18.9 Å². The Morgan fingerprint density at radius 1 is 1.25 bits per heavy atom. The summed E-state index contributed by atoms with van der Waals surface area (Å²) >= 11 is 5.97. The summed E-state index contributed by atoms with van der Waals surface area (Å²) in [6.45, 7) is 2.82. The zero-order chi connectivity index (χ0) is 25.4. The summed E-state index contributed by atoms with van der Waals surface area (Å²) in [7, 11) is 1.39. The van der Waals surface area contributed by atoms with E-state index in [9.17, 15) is 14.7 Å². The van der Waals surface area contributed by atoms with Crippen molar-refractivity contribution in [2.24, 2.45) is 5.92 Å². The highest BCUT2D eigenvalue weighted by molar-refractivity contribution is 6.30. The lowest BCUT2D eigenvalue weighted by atomic mass is 9.85. The van der Waals surface area contributed by atoms with Crippen LogP contribution in [0.5, 0.6) is 6.01 Å². The van der Waals surface area contributed by atoms with Crippen LogP contribution in [0.1, 0.15) is 50.6 Å². The Hall–Kier alpha value is -3.27. The molecule has 2 aromatic heterocycles. The molecular weight excluding hydrogens is 486 g/mol. The van der Waals surface area contributed by atoms with Gasteiger partial charge in [0, 0.05) is 23.8 Å². The summed E-state index contributed by atoms with van der Waals surface area (Å²) in [5.41, 5.74) is 3.44. The molecule has 3 heterocycles. The summed E-state index contributed by atoms with van der Waals surface area (Å²) < 4.78 is 15.0. The van der Waals surface area contributed by atoms with Crippen LogP contribution < -0.4 is 9.64 Å². The third kappa shape index (κ3) is 4.50. The standard InChI is InChI=1S/C25H30ClN5O5/c1-15-6-7-19-20(30(15)25(34)35-2)8-9-21-22(19)28-24(36-11-10-29-14-17(26)13-27-29)31(21)18-5-3-4-16(12-18)23(32)33/h8-9,13-16,18H,3-7,10-12H2,1-2H3,(H,32,33)/t15?,16-,18-/m1/s1. The maximum Gasteiger partial charge on any atom is 0.414 e. The van der Waals surface area contributed by atoms with Gasteiger partial charge in [-0.2, -0.15) is 10.1 Å². The maximum atomic E-state index is 12.6. The minimum atomic E-state index is -0.762. The number of carbonyl (C=O) groups is 2. The van der Waals surface area contributed by atoms with Crippen molar-refractivity contribution in [3.63, 3.8) is 0 Å². The van der Waals surface area contributed by atoms with E-state index in [0.29, 0.717) is 37.0 Å². The number of aryl methyl sites for hydroxylation is 1. The molecule has 1 fully saturated rings. The molecule has 192 valence electrons. The number of nitrogens with zero attached hydrogens (tertiary/aromatic N) is 5. The molecule has 1 aromatic carbocycles. The van der Waals surface area contributed by atoms with Gasteiger partial charge in [0.15, 0.2) is 0 Å². The summed E-state index contributed by atoms with van der Waals surface area (Å²) in [4.78, 5) is 30.9. The lowest BCUT2D eigenvalue weighted by molar-refractivity contribution is -0.143. The van der Waals surface area contributed by atoms with E-state index >= 15 is 0 Å². The molecule has 1 N–H and O–H groups in total. The number of carboxylic acids is 1. The van der Waals surface area contributed by atoms with Crippen molar-refractivity contribution < 1.29 is 24.2 Å². The first-order chi connectivity index (χ1) is 17.4. The van der Waals surface area contributed by atoms with Crippen LogP contribution in [0.2, 0.25) is 5.02 Å². The molecule has 3 atom stereocenters. The van der Waals surface area contributed by atoms with Crippen LogP contribution >= 0.6 is 11.6 Å². The Balaban J connectivity index is 1.54. The average Bonchev–Trinajstić information content (AvgIpc) is 3.46. The largest absolute Gasteiger partial charge is 0.481 e. The number of benzene rings is 1. The number of anilines is 1. The van der Waals surface area contributed by atoms with Crippen LogP contribution in [-0.4, -0.2) is 56.3 Å². The number of halogens is 1. The summed E-state index contributed by atoms with van der Waals surface area (Å²) in [5, 5.41) is 14.4. The number of aliphatic carboxylic acids is 1. The van der Waals surface area contributed by atoms with Gasteiger partial charge in [0.05, 0.1) is 47.5 Å². The number of imidazole rings is 1. The molecule has 11 heteroatoms. The third-order valence-corrected chi connectivity index (χ3v) is 7.50. The topological polar surface area (TPSA) is 112 Å². The molecule has 1 aliphatic carbocycles. The second-order valence-corrected chi connectivity index (χ2v) is 9.99. The smallest absolute Gasteiger partial charge is 0.414 e. The van der Waals surface area contributed by atoms with E-state index in [1.54, 1.807) is 22.0 Å². The number of hydrogen-bond donors (Lipinski definition) is 1. The second-order valence-electron chi connectivity index (χ2n) is 9.55. The molecule has 1 amide bonds. The van der Waals surface area contributed by atoms with Crippen LogP contribution in [0.15, 0.2) is 24.5 Å². The van der Waals surface area contributed by atoms with Crippen LogP contribution in [0.25, 0.3) is 11.0 Å². The average molecular weight is 516 g/mol. The van der Waals surface area contributed by atoms with Crippen molar-refractivity contribution >= 4 is 40.4 Å². The van der Waals surface area contributed by atoms with Gasteiger partial charge in [0.2, 0.25) is 0 Å². The van der Waals surface area contributed by atoms with Crippen molar-refractivity contribution in [3.05, 3.63) is 35.1 Å². The van der Waals surface area contributed by atoms with Gasteiger partial charge in [-0.05, 0) is 51.2 Å². The predicted octanol–water partition coefficient (Wildman–Crippen LogP) is 4.69. The fraction of sp³-hybridized carbons (Fsp3) is 0.520. The fourth-order valence-corrected chi connectivity index (χ4v) is 5.68. The van der Waals surface area contributed by atoms with E-state index in [-0.39, 0.29) is 12.1 Å². The molecule has 10 nitrogen and oxygen atoms in total. The number of carboxylic acid groups (broad SMARTS) is 1. The van der Waals surface area contributed by atoms with Crippen molar-refractivity contribution in [1.82, 2.24) is 19.3 Å². The quantitative estimate of drug-likeness (QED) is 0.507. The van der Waals surface area contributed by atoms with Crippen LogP contribution in [-0.2, 0) is 22.5 Å². The normalized spacial score (nSPS) is 21.9. The number of carbonyl (C=O) groups excluding carboxylic acids is 1. The molecule has 1 unspecified atom stereocenters. The Morgan fingerprint density at radius 2 is 2.08 bits per heavy atom. The number of fused-ring (bicyclic) bond motifs is 3. The predicted molar refractivity (Wildman–Crippen MR) is 134 cm³/mol. The SMILES string of the molecule is COC(=O)N1c2ccc3c(nc(OCCn4cc(Cl)cn4)n3[C@@H]3CCC[C@@H](C(=O)O)C3)c2CCC1C. The summed E-state index contributed by atoms with van der Waals surface area (Å²) in [6, 6.07) is 4.32. The number of amides is 1. The zero-order valence-electron chi connectivity index (χ0n) is 20.4. The van der Waals surface area contributed by atoms with Gasteiger partial charge in [0.25, 0.3) is 6.01 Å². The Kier molecular flexibility index (Phi) is 6.79. The Morgan fingerprint density at radius 3 is 2.81 bits per heavy atom. The molecule has 0 radical (unpaired) electrons. The van der Waals surface area contributed by atoms with E-state index in [4.69, 9.17) is 26.1 Å². The number of aromatic nitrogens is 4. The van der Waals surface area contributed by atoms with Crippen LogP contribution in [0.4, 0.5) is 10.5 Å². The summed E-state index contributed by atoms with van der Waals surface area (Å²) in [5.74, 6) is -1.16. The molecule has 1 saturated carbocycles. The summed E-state index contributed by atoms with van der Waals surface area (Å²) in [6.07, 6.45) is 7.34. The fourth-order valence-electron chi connectivity index (χ4n) is 5.52. The molecular formula is C25H30ClN5O5. The van der Waals surface area contributed by atoms with Crippen molar-refractivity contribution in [2.45, 2.75) is 64.1 Å². The first-order valence-electron chi connectivity index (χ1n) is 12.3. The van der Waals surface area contributed by atoms with Crippen molar-refractivity contribution in [2.75, 3.05) is 18.6 Å². The molecule has 0 bridgehead atoms. The third-order valence-electron chi connectivity index (χ3n) is 7.31. The van der Waals surface area contributed by atoms with Gasteiger partial charge in [0.1, 0.15) is 6.61 Å². The highest BCUT2D eigenvalue weighted by atomic mass is 35.5. The van der Waals surface area contributed by atoms with E-state index < -0.39 is 18.0 Å². The zero-order valence-corrected chi connectivity index (χ0v) is 21.1. The number of methoxy groups -OCH3 is 1. The van der Waals surface area contributed by atoms with E-state index in [1.807, 2.05) is 19.1 Å².